The van der Waals surface area contributed by atoms with E-state index in [-0.39, 0.29) is 12.4 Å². The minimum absolute atomic E-state index is 0.141. The highest BCUT2D eigenvalue weighted by Crippen LogP contribution is 2.32. The van der Waals surface area contributed by atoms with Crippen molar-refractivity contribution in [1.29, 1.82) is 0 Å². The van der Waals surface area contributed by atoms with Crippen molar-refractivity contribution in [2.24, 2.45) is 0 Å². The molecule has 0 aliphatic rings. The predicted octanol–water partition coefficient (Wildman–Crippen LogP) is 4.09. The first kappa shape index (κ1) is 13.1. The third-order valence-corrected chi connectivity index (χ3v) is 3.82. The number of aryl methyl sites for hydroxylation is 2. The number of aliphatic hydroxyl groups excluding tert-OH is 1. The summed E-state index contributed by atoms with van der Waals surface area (Å²) in [5.74, 6) is -0.311. The van der Waals surface area contributed by atoms with Gasteiger partial charge in [0.05, 0.1) is 6.61 Å². The van der Waals surface area contributed by atoms with Crippen molar-refractivity contribution < 1.29 is 9.50 Å². The maximum atomic E-state index is 13.4. The molecule has 0 bridgehead atoms. The van der Waals surface area contributed by atoms with E-state index in [0.717, 1.165) is 9.79 Å². The van der Waals surface area contributed by atoms with E-state index in [1.54, 1.807) is 0 Å². The van der Waals surface area contributed by atoms with Gasteiger partial charge in [0.1, 0.15) is 5.82 Å². The molecule has 0 atom stereocenters. The fourth-order valence-corrected chi connectivity index (χ4v) is 2.82. The van der Waals surface area contributed by atoms with Crippen LogP contribution in [-0.4, -0.2) is 5.11 Å². The normalized spacial score (nSPS) is 10.7. The van der Waals surface area contributed by atoms with Crippen molar-refractivity contribution in [3.05, 3.63) is 58.9 Å². The van der Waals surface area contributed by atoms with Gasteiger partial charge in [-0.1, -0.05) is 23.9 Å². The number of hydrogen-bond acceptors (Lipinski definition) is 2. The van der Waals surface area contributed by atoms with Gasteiger partial charge >= 0.3 is 0 Å². The minimum atomic E-state index is -0.311. The molecule has 2 rings (SSSR count). The molecule has 0 amide bonds. The number of rotatable bonds is 3. The van der Waals surface area contributed by atoms with Crippen LogP contribution < -0.4 is 0 Å². The quantitative estimate of drug-likeness (QED) is 0.899. The summed E-state index contributed by atoms with van der Waals surface area (Å²) in [6.07, 6.45) is 0. The van der Waals surface area contributed by atoms with Crippen molar-refractivity contribution in [3.63, 3.8) is 0 Å². The highest BCUT2D eigenvalue weighted by atomic mass is 32.2. The molecular weight excluding hydrogens is 247 g/mol. The van der Waals surface area contributed by atoms with Gasteiger partial charge in [-0.3, -0.25) is 0 Å². The summed E-state index contributed by atoms with van der Waals surface area (Å²) in [7, 11) is 0. The zero-order chi connectivity index (χ0) is 13.1. The van der Waals surface area contributed by atoms with Gasteiger partial charge in [0.25, 0.3) is 0 Å². The second-order valence-corrected chi connectivity index (χ2v) is 5.44. The van der Waals surface area contributed by atoms with E-state index in [1.807, 2.05) is 19.9 Å². The molecule has 1 N–H and O–H groups in total. The molecule has 3 heteroatoms. The Labute approximate surface area is 111 Å². The van der Waals surface area contributed by atoms with Gasteiger partial charge in [0, 0.05) is 9.79 Å². The van der Waals surface area contributed by atoms with Gasteiger partial charge in [-0.2, -0.15) is 0 Å². The van der Waals surface area contributed by atoms with Crippen molar-refractivity contribution in [2.45, 2.75) is 30.2 Å². The van der Waals surface area contributed by atoms with E-state index < -0.39 is 0 Å². The Morgan fingerprint density at radius 1 is 1.11 bits per heavy atom. The van der Waals surface area contributed by atoms with Gasteiger partial charge in [0.2, 0.25) is 0 Å². The number of halogens is 1. The molecule has 1 nitrogen and oxygen atoms in total. The Kier molecular flexibility index (Phi) is 4.04. The molecule has 0 aliphatic carbocycles. The Bertz CT molecular complexity index is 566. The number of benzene rings is 2. The van der Waals surface area contributed by atoms with Crippen LogP contribution in [0.5, 0.6) is 0 Å². The first-order valence-corrected chi connectivity index (χ1v) is 6.55. The smallest absolute Gasteiger partial charge is 0.124 e. The molecule has 0 heterocycles. The lowest BCUT2D eigenvalue weighted by Gasteiger charge is -2.08. The maximum absolute atomic E-state index is 13.4. The fourth-order valence-electron chi connectivity index (χ4n) is 1.72. The van der Waals surface area contributed by atoms with E-state index in [4.69, 9.17) is 5.11 Å². The zero-order valence-electron chi connectivity index (χ0n) is 10.4. The lowest BCUT2D eigenvalue weighted by atomic mass is 10.2. The average molecular weight is 262 g/mol. The highest BCUT2D eigenvalue weighted by molar-refractivity contribution is 7.99. The van der Waals surface area contributed by atoms with Crippen LogP contribution in [0.4, 0.5) is 4.39 Å². The summed E-state index contributed by atoms with van der Waals surface area (Å²) in [5.41, 5.74) is 2.95. The number of hydrogen-bond donors (Lipinski definition) is 1. The molecule has 0 saturated carbocycles. The Hall–Kier alpha value is -1.32. The van der Waals surface area contributed by atoms with Crippen LogP contribution in [0.2, 0.25) is 0 Å². The largest absolute Gasteiger partial charge is 0.392 e. The Morgan fingerprint density at radius 2 is 1.89 bits per heavy atom. The third-order valence-electron chi connectivity index (χ3n) is 2.69. The maximum Gasteiger partial charge on any atom is 0.124 e. The van der Waals surface area contributed by atoms with E-state index >= 15 is 0 Å². The molecule has 0 aromatic heterocycles. The van der Waals surface area contributed by atoms with E-state index in [9.17, 15) is 4.39 Å². The number of aliphatic hydroxyl groups is 1. The molecule has 0 saturated heterocycles. The van der Waals surface area contributed by atoms with Gasteiger partial charge in [-0.05, 0) is 54.8 Å². The van der Waals surface area contributed by atoms with Crippen LogP contribution in [-0.2, 0) is 6.61 Å². The second-order valence-electron chi connectivity index (χ2n) is 4.32. The van der Waals surface area contributed by atoms with Crippen LogP contribution >= 0.6 is 11.8 Å². The van der Waals surface area contributed by atoms with Gasteiger partial charge in [-0.15, -0.1) is 0 Å². The predicted molar refractivity (Wildman–Crippen MR) is 72.4 cm³/mol. The first-order valence-electron chi connectivity index (χ1n) is 5.74. The van der Waals surface area contributed by atoms with E-state index in [0.29, 0.717) is 5.56 Å². The minimum Gasteiger partial charge on any atom is -0.392 e. The first-order chi connectivity index (χ1) is 8.58. The van der Waals surface area contributed by atoms with Crippen molar-refractivity contribution >= 4 is 11.8 Å². The van der Waals surface area contributed by atoms with Crippen molar-refractivity contribution in [3.8, 4) is 0 Å². The third kappa shape index (κ3) is 3.12. The molecule has 2 aromatic carbocycles. The average Bonchev–Trinajstić information content (AvgIpc) is 2.33. The van der Waals surface area contributed by atoms with Crippen LogP contribution in [0.3, 0.4) is 0 Å². The molecule has 94 valence electrons. The summed E-state index contributed by atoms with van der Waals surface area (Å²) >= 11 is 1.52. The summed E-state index contributed by atoms with van der Waals surface area (Å²) in [6.45, 7) is 3.93. The fraction of sp³-hybridized carbons (Fsp3) is 0.200. The van der Waals surface area contributed by atoms with Gasteiger partial charge in [-0.25, -0.2) is 4.39 Å². The summed E-state index contributed by atoms with van der Waals surface area (Å²) < 4.78 is 13.4. The van der Waals surface area contributed by atoms with E-state index in [2.05, 4.69) is 18.2 Å². The summed E-state index contributed by atoms with van der Waals surface area (Å²) in [6, 6.07) is 10.9. The highest BCUT2D eigenvalue weighted by Gasteiger charge is 2.05. The molecule has 2 aromatic rings. The summed E-state index contributed by atoms with van der Waals surface area (Å²) in [5, 5.41) is 9.08. The van der Waals surface area contributed by atoms with Gasteiger partial charge in [0.15, 0.2) is 0 Å². The molecule has 0 unspecified atom stereocenters. The van der Waals surface area contributed by atoms with Crippen molar-refractivity contribution in [2.75, 3.05) is 0 Å². The second kappa shape index (κ2) is 5.55. The molecular formula is C15H15FOS. The molecule has 0 spiro atoms. The van der Waals surface area contributed by atoms with Crippen LogP contribution in [0.15, 0.2) is 46.2 Å². The lowest BCUT2D eigenvalue weighted by molar-refractivity contribution is 0.281. The van der Waals surface area contributed by atoms with E-state index in [1.165, 1.54) is 35.0 Å². The Balaban J connectivity index is 2.33. The monoisotopic (exact) mass is 262 g/mol. The lowest BCUT2D eigenvalue weighted by Crippen LogP contribution is -1.88. The van der Waals surface area contributed by atoms with Crippen molar-refractivity contribution in [1.82, 2.24) is 0 Å². The topological polar surface area (TPSA) is 20.2 Å². The standard InChI is InChI=1S/C15H15FOS/c1-10-3-4-11(2)15(5-10)18-14-7-12(9-17)6-13(16)8-14/h3-8,17H,9H2,1-2H3. The van der Waals surface area contributed by atoms with Gasteiger partial charge < -0.3 is 5.11 Å². The zero-order valence-corrected chi connectivity index (χ0v) is 11.2. The van der Waals surface area contributed by atoms with Crippen LogP contribution in [0.1, 0.15) is 16.7 Å². The molecule has 0 radical (unpaired) electrons. The van der Waals surface area contributed by atoms with Crippen LogP contribution in [0, 0.1) is 19.7 Å². The van der Waals surface area contributed by atoms with Crippen LogP contribution in [0.25, 0.3) is 0 Å². The Morgan fingerprint density at radius 3 is 2.61 bits per heavy atom. The SMILES string of the molecule is Cc1ccc(C)c(Sc2cc(F)cc(CO)c2)c1. The molecule has 18 heavy (non-hydrogen) atoms. The molecule has 0 fully saturated rings. The summed E-state index contributed by atoms with van der Waals surface area (Å²) in [4.78, 5) is 1.93. The molecule has 0 aliphatic heterocycles.